The molecule has 27 heavy (non-hydrogen) atoms. The van der Waals surface area contributed by atoms with Gasteiger partial charge in [-0.2, -0.15) is 0 Å². The van der Waals surface area contributed by atoms with Crippen molar-refractivity contribution in [3.63, 3.8) is 0 Å². The minimum Gasteiger partial charge on any atom is -0.503 e. The van der Waals surface area contributed by atoms with Crippen molar-refractivity contribution in [1.82, 2.24) is 4.90 Å². The van der Waals surface area contributed by atoms with Gasteiger partial charge in [0.2, 0.25) is 0 Å². The van der Waals surface area contributed by atoms with Gasteiger partial charge in [0.05, 0.1) is 0 Å². The van der Waals surface area contributed by atoms with E-state index in [4.69, 9.17) is 17.7 Å². The molecule has 6 nitrogen and oxygen atoms in total. The fourth-order valence-corrected chi connectivity index (χ4v) is 11.2. The molecule has 0 bridgehead atoms. The molecule has 0 radical (unpaired) electrons. The summed E-state index contributed by atoms with van der Waals surface area (Å²) in [5, 5.41) is 0. The van der Waals surface area contributed by atoms with E-state index in [2.05, 4.69) is 48.5 Å². The molecule has 0 unspecified atom stereocenters. The molecular formula is C19H43NO5Si2. The molecule has 0 aromatic heterocycles. The first-order valence-corrected chi connectivity index (χ1v) is 14.3. The largest absolute Gasteiger partial charge is 0.503 e. The monoisotopic (exact) mass is 421 g/mol. The zero-order valence-corrected chi connectivity index (χ0v) is 21.3. The number of hydrogen-bond acceptors (Lipinski definition) is 5. The Morgan fingerprint density at radius 1 is 0.963 bits per heavy atom. The van der Waals surface area contributed by atoms with Gasteiger partial charge in [0.15, 0.2) is 0 Å². The molecule has 0 saturated carbocycles. The van der Waals surface area contributed by atoms with Crippen LogP contribution in [-0.4, -0.2) is 62.5 Å². The van der Waals surface area contributed by atoms with E-state index < -0.39 is 17.1 Å². The molecule has 0 rings (SSSR count). The van der Waals surface area contributed by atoms with Crippen LogP contribution in [-0.2, 0) is 17.7 Å². The number of carbonyl (C=O) groups is 1. The number of amides is 1. The van der Waals surface area contributed by atoms with E-state index in [1.165, 1.54) is 0 Å². The summed E-state index contributed by atoms with van der Waals surface area (Å²) in [6.07, 6.45) is 1.46. The topological polar surface area (TPSA) is 57.2 Å². The predicted molar refractivity (Wildman–Crippen MR) is 116 cm³/mol. The predicted octanol–water partition coefficient (Wildman–Crippen LogP) is 5.28. The van der Waals surface area contributed by atoms with E-state index in [9.17, 15) is 4.79 Å². The quantitative estimate of drug-likeness (QED) is 0.379. The summed E-state index contributed by atoms with van der Waals surface area (Å²) in [6, 6.07) is 0.679. The fourth-order valence-electron chi connectivity index (χ4n) is 3.94. The zero-order valence-electron chi connectivity index (χ0n) is 19.3. The Morgan fingerprint density at radius 2 is 1.44 bits per heavy atom. The molecule has 0 saturated heterocycles. The molecule has 0 aliphatic carbocycles. The van der Waals surface area contributed by atoms with Crippen LogP contribution in [0.15, 0.2) is 0 Å². The molecule has 1 amide bonds. The molecule has 0 heterocycles. The van der Waals surface area contributed by atoms with Crippen LogP contribution in [0.3, 0.4) is 0 Å². The molecule has 0 fully saturated rings. The lowest BCUT2D eigenvalue weighted by atomic mass is 10.4. The Balaban J connectivity index is 4.90. The lowest BCUT2D eigenvalue weighted by Crippen LogP contribution is -2.51. The number of carbonyl (C=O) groups excluding carboxylic acids is 1. The van der Waals surface area contributed by atoms with Gasteiger partial charge in [0, 0.05) is 40.5 Å². The first-order valence-electron chi connectivity index (χ1n) is 10.2. The van der Waals surface area contributed by atoms with Gasteiger partial charge in [-0.1, -0.05) is 48.5 Å². The number of nitrogens with zero attached hydrogens (tertiary/aromatic N) is 1. The van der Waals surface area contributed by atoms with Gasteiger partial charge in [-0.3, -0.25) is 0 Å². The van der Waals surface area contributed by atoms with Crippen LogP contribution >= 0.6 is 0 Å². The fraction of sp³-hybridized carbons (Fsp3) is 0.947. The van der Waals surface area contributed by atoms with Gasteiger partial charge in [-0.05, 0) is 29.5 Å². The van der Waals surface area contributed by atoms with Gasteiger partial charge in [0.1, 0.15) is 0 Å². The molecular weight excluding hydrogens is 378 g/mol. The van der Waals surface area contributed by atoms with E-state index >= 15 is 0 Å². The maximum Gasteiger partial charge on any atom is 0.500 e. The van der Waals surface area contributed by atoms with Gasteiger partial charge < -0.3 is 22.6 Å². The van der Waals surface area contributed by atoms with Crippen molar-refractivity contribution >= 4 is 23.2 Å². The van der Waals surface area contributed by atoms with Gasteiger partial charge in [-0.25, -0.2) is 4.79 Å². The van der Waals surface area contributed by atoms with Crippen LogP contribution < -0.4 is 0 Å². The molecule has 0 aliphatic rings. The van der Waals surface area contributed by atoms with E-state index in [0.717, 1.165) is 12.8 Å². The highest BCUT2D eigenvalue weighted by molar-refractivity contribution is 6.78. The van der Waals surface area contributed by atoms with Crippen molar-refractivity contribution in [2.24, 2.45) is 0 Å². The SMILES string of the molecule is CCCO[Si](CCCN(C)C(=O)O[Si](C(C)C)(C(C)C)C(C)C)(OC)OC. The Hall–Kier alpha value is -0.416. The Kier molecular flexibility index (Phi) is 12.0. The van der Waals surface area contributed by atoms with Crippen molar-refractivity contribution in [1.29, 1.82) is 0 Å². The van der Waals surface area contributed by atoms with E-state index in [-0.39, 0.29) is 6.09 Å². The minimum absolute atomic E-state index is 0.214. The maximum atomic E-state index is 12.8. The number of rotatable bonds is 13. The summed E-state index contributed by atoms with van der Waals surface area (Å²) < 4.78 is 23.2. The third-order valence-corrected chi connectivity index (χ3v) is 14.2. The molecule has 0 aliphatic heterocycles. The summed E-state index contributed by atoms with van der Waals surface area (Å²) in [7, 11) is 0.222. The van der Waals surface area contributed by atoms with Crippen LogP contribution in [0, 0.1) is 0 Å². The molecule has 0 N–H and O–H groups in total. The third kappa shape index (κ3) is 7.16. The third-order valence-electron chi connectivity index (χ3n) is 5.41. The second-order valence-electron chi connectivity index (χ2n) is 8.15. The summed E-state index contributed by atoms with van der Waals surface area (Å²) in [4.78, 5) is 14.5. The number of hydrogen-bond donors (Lipinski definition) is 0. The second-order valence-corrected chi connectivity index (χ2v) is 16.5. The van der Waals surface area contributed by atoms with Gasteiger partial charge in [0.25, 0.3) is 8.32 Å². The van der Waals surface area contributed by atoms with Crippen molar-refractivity contribution in [3.8, 4) is 0 Å². The van der Waals surface area contributed by atoms with Crippen LogP contribution in [0.4, 0.5) is 4.79 Å². The molecule has 8 heteroatoms. The van der Waals surface area contributed by atoms with Crippen molar-refractivity contribution in [2.75, 3.05) is 34.4 Å². The standard InChI is InChI=1S/C19H43NO5Si2/c1-11-14-24-26(22-9,23-10)15-12-13-20(8)19(21)25-27(16(2)3,17(4)5)18(6)7/h16-18H,11-15H2,1-10H3. The Labute approximate surface area is 169 Å². The minimum atomic E-state index is -2.64. The average molecular weight is 422 g/mol. The lowest BCUT2D eigenvalue weighted by molar-refractivity contribution is 0.0964. The van der Waals surface area contributed by atoms with E-state index in [0.29, 0.717) is 35.8 Å². The van der Waals surface area contributed by atoms with Crippen molar-refractivity contribution < 1.29 is 22.5 Å². The first kappa shape index (κ1) is 26.6. The summed E-state index contributed by atoms with van der Waals surface area (Å²) in [5.41, 5.74) is 1.12. The smallest absolute Gasteiger partial charge is 0.500 e. The molecule has 0 spiro atoms. The van der Waals surface area contributed by atoms with Crippen LogP contribution in [0.5, 0.6) is 0 Å². The normalized spacial score (nSPS) is 12.9. The highest BCUT2D eigenvalue weighted by Gasteiger charge is 2.48. The highest BCUT2D eigenvalue weighted by Crippen LogP contribution is 2.42. The Morgan fingerprint density at radius 3 is 1.81 bits per heavy atom. The molecule has 0 aromatic rings. The lowest BCUT2D eigenvalue weighted by Gasteiger charge is -2.42. The van der Waals surface area contributed by atoms with Crippen LogP contribution in [0.2, 0.25) is 22.7 Å². The summed E-state index contributed by atoms with van der Waals surface area (Å²) >= 11 is 0. The summed E-state index contributed by atoms with van der Waals surface area (Å²) in [6.45, 7) is 16.4. The van der Waals surface area contributed by atoms with Gasteiger partial charge in [-0.15, -0.1) is 0 Å². The van der Waals surface area contributed by atoms with E-state index in [1.807, 2.05) is 0 Å². The van der Waals surface area contributed by atoms with Crippen LogP contribution in [0.25, 0.3) is 0 Å². The highest BCUT2D eigenvalue weighted by atomic mass is 28.4. The Bertz CT molecular complexity index is 407. The second kappa shape index (κ2) is 12.2. The molecule has 0 atom stereocenters. The van der Waals surface area contributed by atoms with Crippen molar-refractivity contribution in [2.45, 2.75) is 84.0 Å². The zero-order chi connectivity index (χ0) is 21.3. The maximum absolute atomic E-state index is 12.8. The molecule has 0 aromatic carbocycles. The van der Waals surface area contributed by atoms with Crippen molar-refractivity contribution in [3.05, 3.63) is 0 Å². The first-order chi connectivity index (χ1) is 12.5. The van der Waals surface area contributed by atoms with E-state index in [1.54, 1.807) is 26.2 Å². The summed E-state index contributed by atoms with van der Waals surface area (Å²) in [5.74, 6) is 0. The molecule has 162 valence electrons. The van der Waals surface area contributed by atoms with Crippen LogP contribution in [0.1, 0.15) is 61.3 Å². The van der Waals surface area contributed by atoms with Gasteiger partial charge >= 0.3 is 14.9 Å². The average Bonchev–Trinajstić information content (AvgIpc) is 2.61.